The van der Waals surface area contributed by atoms with Crippen LogP contribution in [-0.2, 0) is 13.1 Å². The highest BCUT2D eigenvalue weighted by atomic mass is 15.1. The highest BCUT2D eigenvalue weighted by Gasteiger charge is 2.08. The summed E-state index contributed by atoms with van der Waals surface area (Å²) in [6.45, 7) is 12.8. The smallest absolute Gasteiger partial charge is 0.0547 e. The molecule has 0 bridgehead atoms. The summed E-state index contributed by atoms with van der Waals surface area (Å²) in [6, 6.07) is 6.89. The summed E-state index contributed by atoms with van der Waals surface area (Å²) in [5, 5.41) is 3.39. The molecule has 1 aromatic rings. The molecule has 0 saturated heterocycles. The lowest BCUT2D eigenvalue weighted by Gasteiger charge is -2.24. The second kappa shape index (κ2) is 8.22. The lowest BCUT2D eigenvalue weighted by Crippen LogP contribution is -2.30. The van der Waals surface area contributed by atoms with E-state index in [2.05, 4.69) is 56.1 Å². The van der Waals surface area contributed by atoms with E-state index in [1.165, 1.54) is 5.69 Å². The van der Waals surface area contributed by atoms with Gasteiger partial charge in [0.1, 0.15) is 0 Å². The van der Waals surface area contributed by atoms with Gasteiger partial charge in [0, 0.05) is 19.1 Å². The van der Waals surface area contributed by atoms with Gasteiger partial charge in [-0.2, -0.15) is 0 Å². The van der Waals surface area contributed by atoms with Crippen LogP contribution in [0.1, 0.15) is 45.5 Å². The van der Waals surface area contributed by atoms with Gasteiger partial charge in [0.05, 0.1) is 11.4 Å². The standard InChI is InChI=1S/C15H27N3/c1-5-10-16-11-14-8-7-9-15(17-14)12-18(6-2)13(3)4/h7-9,13,16H,5-6,10-12H2,1-4H3. The van der Waals surface area contributed by atoms with E-state index in [-0.39, 0.29) is 0 Å². The molecule has 1 aromatic heterocycles. The second-order valence-electron chi connectivity index (χ2n) is 4.95. The second-order valence-corrected chi connectivity index (χ2v) is 4.95. The summed E-state index contributed by atoms with van der Waals surface area (Å²) in [4.78, 5) is 7.13. The molecule has 0 atom stereocenters. The van der Waals surface area contributed by atoms with Crippen LogP contribution in [0.3, 0.4) is 0 Å². The van der Waals surface area contributed by atoms with Gasteiger partial charge in [-0.15, -0.1) is 0 Å². The molecule has 0 aliphatic carbocycles. The number of aromatic nitrogens is 1. The zero-order valence-corrected chi connectivity index (χ0v) is 12.2. The average molecular weight is 249 g/mol. The Morgan fingerprint density at radius 1 is 1.22 bits per heavy atom. The fourth-order valence-electron chi connectivity index (χ4n) is 1.98. The van der Waals surface area contributed by atoms with E-state index in [0.717, 1.165) is 38.3 Å². The number of hydrogen-bond acceptors (Lipinski definition) is 3. The molecule has 3 nitrogen and oxygen atoms in total. The van der Waals surface area contributed by atoms with Crippen molar-refractivity contribution in [2.45, 2.75) is 53.2 Å². The summed E-state index contributed by atoms with van der Waals surface area (Å²) in [7, 11) is 0. The molecule has 0 spiro atoms. The molecular formula is C15H27N3. The molecular weight excluding hydrogens is 222 g/mol. The zero-order valence-electron chi connectivity index (χ0n) is 12.2. The van der Waals surface area contributed by atoms with Crippen molar-refractivity contribution >= 4 is 0 Å². The van der Waals surface area contributed by atoms with Gasteiger partial charge < -0.3 is 5.32 Å². The summed E-state index contributed by atoms with van der Waals surface area (Å²) < 4.78 is 0. The van der Waals surface area contributed by atoms with Crippen molar-refractivity contribution in [1.29, 1.82) is 0 Å². The number of pyridine rings is 1. The first-order valence-electron chi connectivity index (χ1n) is 7.07. The van der Waals surface area contributed by atoms with E-state index in [0.29, 0.717) is 6.04 Å². The maximum Gasteiger partial charge on any atom is 0.0547 e. The maximum absolute atomic E-state index is 4.71. The van der Waals surface area contributed by atoms with Gasteiger partial charge in [0.2, 0.25) is 0 Å². The van der Waals surface area contributed by atoms with Crippen LogP contribution in [0.15, 0.2) is 18.2 Å². The topological polar surface area (TPSA) is 28.2 Å². The van der Waals surface area contributed by atoms with Gasteiger partial charge in [0.25, 0.3) is 0 Å². The lowest BCUT2D eigenvalue weighted by atomic mass is 10.2. The van der Waals surface area contributed by atoms with Gasteiger partial charge >= 0.3 is 0 Å². The van der Waals surface area contributed by atoms with Gasteiger partial charge in [-0.25, -0.2) is 0 Å². The van der Waals surface area contributed by atoms with Gasteiger partial charge in [-0.1, -0.05) is 19.9 Å². The molecule has 102 valence electrons. The first-order chi connectivity index (χ1) is 8.67. The molecule has 0 amide bonds. The summed E-state index contributed by atoms with van der Waals surface area (Å²) in [6.07, 6.45) is 1.16. The molecule has 0 radical (unpaired) electrons. The molecule has 0 fully saturated rings. The summed E-state index contributed by atoms with van der Waals surface area (Å²) in [5.74, 6) is 0. The average Bonchev–Trinajstić information content (AvgIpc) is 2.36. The highest BCUT2D eigenvalue weighted by Crippen LogP contribution is 2.07. The summed E-state index contributed by atoms with van der Waals surface area (Å²) >= 11 is 0. The first kappa shape index (κ1) is 15.1. The van der Waals surface area contributed by atoms with E-state index < -0.39 is 0 Å². The molecule has 18 heavy (non-hydrogen) atoms. The monoisotopic (exact) mass is 249 g/mol. The van der Waals surface area contributed by atoms with Gasteiger partial charge in [0.15, 0.2) is 0 Å². The van der Waals surface area contributed by atoms with Crippen molar-refractivity contribution in [3.8, 4) is 0 Å². The number of nitrogens with zero attached hydrogens (tertiary/aromatic N) is 2. The van der Waals surface area contributed by atoms with Crippen molar-refractivity contribution in [2.75, 3.05) is 13.1 Å². The zero-order chi connectivity index (χ0) is 13.4. The van der Waals surface area contributed by atoms with Gasteiger partial charge in [-0.3, -0.25) is 9.88 Å². The Bertz CT molecular complexity index is 336. The quantitative estimate of drug-likeness (QED) is 0.718. The largest absolute Gasteiger partial charge is 0.311 e. The Hall–Kier alpha value is -0.930. The Morgan fingerprint density at radius 2 is 1.94 bits per heavy atom. The Kier molecular flexibility index (Phi) is 6.91. The van der Waals surface area contributed by atoms with E-state index in [4.69, 9.17) is 4.98 Å². The molecule has 0 aromatic carbocycles. The van der Waals surface area contributed by atoms with Crippen molar-refractivity contribution < 1.29 is 0 Å². The minimum Gasteiger partial charge on any atom is -0.311 e. The number of rotatable bonds is 8. The van der Waals surface area contributed by atoms with E-state index in [1.54, 1.807) is 0 Å². The summed E-state index contributed by atoms with van der Waals surface area (Å²) in [5.41, 5.74) is 2.31. The van der Waals surface area contributed by atoms with Crippen LogP contribution >= 0.6 is 0 Å². The molecule has 1 N–H and O–H groups in total. The number of hydrogen-bond donors (Lipinski definition) is 1. The van der Waals surface area contributed by atoms with Crippen LogP contribution in [-0.4, -0.2) is 29.0 Å². The van der Waals surface area contributed by atoms with E-state index in [9.17, 15) is 0 Å². The maximum atomic E-state index is 4.71. The molecule has 0 unspecified atom stereocenters. The Balaban J connectivity index is 2.58. The molecule has 1 heterocycles. The lowest BCUT2D eigenvalue weighted by molar-refractivity contribution is 0.222. The molecule has 0 saturated carbocycles. The van der Waals surface area contributed by atoms with Crippen LogP contribution in [0.2, 0.25) is 0 Å². The van der Waals surface area contributed by atoms with E-state index >= 15 is 0 Å². The number of nitrogens with one attached hydrogen (secondary N) is 1. The molecule has 3 heteroatoms. The fraction of sp³-hybridized carbons (Fsp3) is 0.667. The predicted molar refractivity (Wildman–Crippen MR) is 77.5 cm³/mol. The predicted octanol–water partition coefficient (Wildman–Crippen LogP) is 2.81. The normalized spacial score (nSPS) is 11.4. The third-order valence-electron chi connectivity index (χ3n) is 3.10. The van der Waals surface area contributed by atoms with Crippen LogP contribution in [0.25, 0.3) is 0 Å². The third-order valence-corrected chi connectivity index (χ3v) is 3.10. The highest BCUT2D eigenvalue weighted by molar-refractivity contribution is 5.11. The Morgan fingerprint density at radius 3 is 2.56 bits per heavy atom. The third kappa shape index (κ3) is 5.15. The van der Waals surface area contributed by atoms with Crippen molar-refractivity contribution in [3.05, 3.63) is 29.6 Å². The molecule has 1 rings (SSSR count). The van der Waals surface area contributed by atoms with Gasteiger partial charge in [-0.05, 0) is 45.5 Å². The van der Waals surface area contributed by atoms with Crippen molar-refractivity contribution in [3.63, 3.8) is 0 Å². The van der Waals surface area contributed by atoms with Crippen LogP contribution in [0, 0.1) is 0 Å². The molecule has 0 aliphatic heterocycles. The SMILES string of the molecule is CCCNCc1cccc(CN(CC)C(C)C)n1. The fourth-order valence-corrected chi connectivity index (χ4v) is 1.98. The van der Waals surface area contributed by atoms with Crippen LogP contribution < -0.4 is 5.32 Å². The van der Waals surface area contributed by atoms with Crippen LogP contribution in [0.4, 0.5) is 0 Å². The molecule has 0 aliphatic rings. The van der Waals surface area contributed by atoms with Crippen molar-refractivity contribution in [2.24, 2.45) is 0 Å². The van der Waals surface area contributed by atoms with Crippen molar-refractivity contribution in [1.82, 2.24) is 15.2 Å². The van der Waals surface area contributed by atoms with E-state index in [1.807, 2.05) is 0 Å². The first-order valence-corrected chi connectivity index (χ1v) is 7.07. The Labute approximate surface area is 112 Å². The minimum absolute atomic E-state index is 0.568. The minimum atomic E-state index is 0.568. The van der Waals surface area contributed by atoms with Crippen LogP contribution in [0.5, 0.6) is 0 Å².